The highest BCUT2D eigenvalue weighted by atomic mass is 35.5. The minimum absolute atomic E-state index is 0.132. The number of nitrogens with one attached hydrogen (secondary N) is 2. The molecule has 1 heterocycles. The number of benzene rings is 3. The Bertz CT molecular complexity index is 1190. The molecule has 0 radical (unpaired) electrons. The van der Waals surface area contributed by atoms with E-state index in [-0.39, 0.29) is 17.6 Å². The van der Waals surface area contributed by atoms with E-state index < -0.39 is 0 Å². The number of rotatable bonds is 6. The molecule has 8 heteroatoms. The molecular weight excluding hydrogens is 438 g/mol. The number of anilines is 2. The lowest BCUT2D eigenvalue weighted by molar-refractivity contribution is -0.113. The van der Waals surface area contributed by atoms with Crippen LogP contribution in [0.5, 0.6) is 0 Å². The first-order chi connectivity index (χ1) is 14.6. The van der Waals surface area contributed by atoms with Crippen LogP contribution < -0.4 is 10.6 Å². The molecule has 1 aromatic heterocycles. The molecule has 0 fully saturated rings. The zero-order chi connectivity index (χ0) is 20.9. The summed E-state index contributed by atoms with van der Waals surface area (Å²) in [6, 6.07) is 21.9. The maximum atomic E-state index is 12.4. The largest absolute Gasteiger partial charge is 0.322 e. The lowest BCUT2D eigenvalue weighted by atomic mass is 10.2. The standard InChI is InChI=1S/C22H16ClN3O2S2/c23-15-6-3-5-14(11-15)21(28)24-16-7-4-8-17(12-16)29-13-20(27)26-22-25-18-9-1-2-10-19(18)30-22/h1-12H,13H2,(H,24,28)(H,25,26,27). The third-order valence-corrected chi connectivity index (χ3v) is 6.27. The first-order valence-corrected chi connectivity index (χ1v) is 11.2. The summed E-state index contributed by atoms with van der Waals surface area (Å²) >= 11 is 8.78. The summed E-state index contributed by atoms with van der Waals surface area (Å²) in [5.41, 5.74) is 2.00. The summed E-state index contributed by atoms with van der Waals surface area (Å²) in [5, 5.41) is 6.78. The Balaban J connectivity index is 1.34. The number of thiazole rings is 1. The summed E-state index contributed by atoms with van der Waals surface area (Å²) < 4.78 is 1.03. The number of amides is 2. The van der Waals surface area contributed by atoms with Crippen molar-refractivity contribution in [3.63, 3.8) is 0 Å². The fourth-order valence-corrected chi connectivity index (χ4v) is 4.55. The Morgan fingerprint density at radius 1 is 0.967 bits per heavy atom. The highest BCUT2D eigenvalue weighted by Crippen LogP contribution is 2.26. The first kappa shape index (κ1) is 20.4. The highest BCUT2D eigenvalue weighted by molar-refractivity contribution is 8.00. The molecule has 0 unspecified atom stereocenters. The molecule has 30 heavy (non-hydrogen) atoms. The lowest BCUT2D eigenvalue weighted by Crippen LogP contribution is -2.14. The van der Waals surface area contributed by atoms with Gasteiger partial charge < -0.3 is 10.6 Å². The number of hydrogen-bond donors (Lipinski definition) is 2. The van der Waals surface area contributed by atoms with E-state index in [1.807, 2.05) is 42.5 Å². The first-order valence-electron chi connectivity index (χ1n) is 9.02. The number of carbonyl (C=O) groups is 2. The molecule has 0 saturated heterocycles. The van der Waals surface area contributed by atoms with Gasteiger partial charge in [-0.15, -0.1) is 11.8 Å². The Kier molecular flexibility index (Phi) is 6.32. The smallest absolute Gasteiger partial charge is 0.255 e. The van der Waals surface area contributed by atoms with Gasteiger partial charge in [0, 0.05) is 21.2 Å². The quantitative estimate of drug-likeness (QED) is 0.355. The van der Waals surface area contributed by atoms with E-state index in [9.17, 15) is 9.59 Å². The molecular formula is C22H16ClN3O2S2. The number of carbonyl (C=O) groups excluding carboxylic acids is 2. The topological polar surface area (TPSA) is 71.1 Å². The van der Waals surface area contributed by atoms with Gasteiger partial charge in [0.25, 0.3) is 5.91 Å². The molecule has 0 aliphatic heterocycles. The van der Waals surface area contributed by atoms with E-state index in [1.165, 1.54) is 23.1 Å². The summed E-state index contributed by atoms with van der Waals surface area (Å²) in [7, 11) is 0. The fourth-order valence-electron chi connectivity index (χ4n) is 2.73. The molecule has 2 amide bonds. The second kappa shape index (κ2) is 9.30. The molecule has 0 aliphatic carbocycles. The van der Waals surface area contributed by atoms with E-state index in [0.29, 0.717) is 21.4 Å². The van der Waals surface area contributed by atoms with Gasteiger partial charge in [-0.2, -0.15) is 0 Å². The van der Waals surface area contributed by atoms with Crippen molar-refractivity contribution in [3.8, 4) is 0 Å². The van der Waals surface area contributed by atoms with Crippen LogP contribution in [0.25, 0.3) is 10.2 Å². The second-order valence-corrected chi connectivity index (χ2v) is 8.83. The minimum atomic E-state index is -0.242. The number of aromatic nitrogens is 1. The number of nitrogens with zero attached hydrogens (tertiary/aromatic N) is 1. The van der Waals surface area contributed by atoms with Crippen LogP contribution in [0.4, 0.5) is 10.8 Å². The Morgan fingerprint density at radius 2 is 1.80 bits per heavy atom. The molecule has 0 bridgehead atoms. The predicted molar refractivity (Wildman–Crippen MR) is 125 cm³/mol. The number of para-hydroxylation sites is 1. The van der Waals surface area contributed by atoms with Crippen LogP contribution in [-0.4, -0.2) is 22.6 Å². The van der Waals surface area contributed by atoms with Gasteiger partial charge in [-0.3, -0.25) is 9.59 Å². The van der Waals surface area contributed by atoms with Crippen molar-refractivity contribution < 1.29 is 9.59 Å². The average Bonchev–Trinajstić information content (AvgIpc) is 3.15. The Labute approximate surface area is 186 Å². The third kappa shape index (κ3) is 5.18. The number of thioether (sulfide) groups is 1. The van der Waals surface area contributed by atoms with Crippen molar-refractivity contribution in [1.29, 1.82) is 0 Å². The predicted octanol–water partition coefficient (Wildman–Crippen LogP) is 5.93. The van der Waals surface area contributed by atoms with Gasteiger partial charge >= 0.3 is 0 Å². The molecule has 0 aliphatic rings. The van der Waals surface area contributed by atoms with Gasteiger partial charge in [0.15, 0.2) is 5.13 Å². The monoisotopic (exact) mass is 453 g/mol. The van der Waals surface area contributed by atoms with Crippen LogP contribution in [0.15, 0.2) is 77.7 Å². The molecule has 3 aromatic carbocycles. The number of fused-ring (bicyclic) bond motifs is 1. The third-order valence-electron chi connectivity index (χ3n) is 4.09. The van der Waals surface area contributed by atoms with E-state index in [4.69, 9.17) is 11.6 Å². The van der Waals surface area contributed by atoms with Crippen LogP contribution in [0.2, 0.25) is 5.02 Å². The van der Waals surface area contributed by atoms with Crippen LogP contribution in [0, 0.1) is 0 Å². The van der Waals surface area contributed by atoms with Gasteiger partial charge in [0.05, 0.1) is 16.0 Å². The van der Waals surface area contributed by atoms with E-state index >= 15 is 0 Å². The normalized spacial score (nSPS) is 10.7. The van der Waals surface area contributed by atoms with Crippen LogP contribution in [0.1, 0.15) is 10.4 Å². The van der Waals surface area contributed by atoms with Crippen LogP contribution >= 0.6 is 34.7 Å². The SMILES string of the molecule is O=C(CSc1cccc(NC(=O)c2cccc(Cl)c2)c1)Nc1nc2ccccc2s1. The highest BCUT2D eigenvalue weighted by Gasteiger charge is 2.10. The molecule has 5 nitrogen and oxygen atoms in total. The number of hydrogen-bond acceptors (Lipinski definition) is 5. The summed E-state index contributed by atoms with van der Waals surface area (Å²) in [5.74, 6) is -0.137. The van der Waals surface area contributed by atoms with Crippen molar-refractivity contribution in [3.05, 3.63) is 83.4 Å². The lowest BCUT2D eigenvalue weighted by Gasteiger charge is -2.08. The summed E-state index contributed by atoms with van der Waals surface area (Å²) in [4.78, 5) is 30.0. The average molecular weight is 454 g/mol. The van der Waals surface area contributed by atoms with Crippen molar-refractivity contribution in [2.24, 2.45) is 0 Å². The Hall–Kier alpha value is -2.87. The Morgan fingerprint density at radius 3 is 2.63 bits per heavy atom. The van der Waals surface area contributed by atoms with Crippen molar-refractivity contribution in [2.45, 2.75) is 4.90 Å². The van der Waals surface area contributed by atoms with Crippen molar-refractivity contribution >= 4 is 67.5 Å². The molecule has 4 aromatic rings. The fraction of sp³-hybridized carbons (Fsp3) is 0.0455. The van der Waals surface area contributed by atoms with E-state index in [2.05, 4.69) is 15.6 Å². The van der Waals surface area contributed by atoms with Gasteiger partial charge in [0.2, 0.25) is 5.91 Å². The van der Waals surface area contributed by atoms with Crippen molar-refractivity contribution in [1.82, 2.24) is 4.98 Å². The summed E-state index contributed by atoms with van der Waals surface area (Å²) in [6.07, 6.45) is 0. The summed E-state index contributed by atoms with van der Waals surface area (Å²) in [6.45, 7) is 0. The van der Waals surface area contributed by atoms with Gasteiger partial charge in [-0.1, -0.05) is 47.2 Å². The maximum Gasteiger partial charge on any atom is 0.255 e. The zero-order valence-electron chi connectivity index (χ0n) is 15.6. The van der Waals surface area contributed by atoms with Gasteiger partial charge in [-0.05, 0) is 48.5 Å². The van der Waals surface area contributed by atoms with Gasteiger partial charge in [-0.25, -0.2) is 4.98 Å². The van der Waals surface area contributed by atoms with E-state index in [1.54, 1.807) is 30.3 Å². The maximum absolute atomic E-state index is 12.4. The molecule has 4 rings (SSSR count). The molecule has 0 spiro atoms. The van der Waals surface area contributed by atoms with Gasteiger partial charge in [0.1, 0.15) is 0 Å². The van der Waals surface area contributed by atoms with E-state index in [0.717, 1.165) is 15.1 Å². The molecule has 0 atom stereocenters. The number of halogens is 1. The molecule has 150 valence electrons. The van der Waals surface area contributed by atoms with Crippen LogP contribution in [0.3, 0.4) is 0 Å². The zero-order valence-corrected chi connectivity index (χ0v) is 18.0. The van der Waals surface area contributed by atoms with Crippen LogP contribution in [-0.2, 0) is 4.79 Å². The molecule has 2 N–H and O–H groups in total. The minimum Gasteiger partial charge on any atom is -0.322 e. The molecule has 0 saturated carbocycles. The van der Waals surface area contributed by atoms with Crippen molar-refractivity contribution in [2.75, 3.05) is 16.4 Å². The second-order valence-electron chi connectivity index (χ2n) is 6.32.